The van der Waals surface area contributed by atoms with Crippen molar-refractivity contribution < 1.29 is 19.1 Å². The minimum absolute atomic E-state index is 0. The van der Waals surface area contributed by atoms with Gasteiger partial charge in [-0.1, -0.05) is 11.6 Å². The van der Waals surface area contributed by atoms with Crippen LogP contribution in [0.1, 0.15) is 23.2 Å². The highest BCUT2D eigenvalue weighted by molar-refractivity contribution is 6.32. The van der Waals surface area contributed by atoms with Crippen molar-refractivity contribution in [3.63, 3.8) is 0 Å². The van der Waals surface area contributed by atoms with E-state index in [1.165, 1.54) is 0 Å². The number of carbonyl (C=O) groups excluding carboxylic acids is 2. The fourth-order valence-corrected chi connectivity index (χ4v) is 3.50. The first-order valence-electron chi connectivity index (χ1n) is 9.00. The van der Waals surface area contributed by atoms with Gasteiger partial charge in [0.15, 0.2) is 11.5 Å². The number of benzene rings is 1. The zero-order valence-electron chi connectivity index (χ0n) is 14.9. The molecule has 2 aliphatic heterocycles. The predicted octanol–water partition coefficient (Wildman–Crippen LogP) is 1.57. The molecule has 1 saturated carbocycles. The summed E-state index contributed by atoms with van der Waals surface area (Å²) in [4.78, 5) is 28.6. The third kappa shape index (κ3) is 4.78. The van der Waals surface area contributed by atoms with E-state index < -0.39 is 0 Å². The molecule has 3 aliphatic rings. The molecule has 1 aliphatic carbocycles. The van der Waals surface area contributed by atoms with Gasteiger partial charge in [-0.3, -0.25) is 14.5 Å². The monoisotopic (exact) mass is 415 g/mol. The second kappa shape index (κ2) is 8.54. The second-order valence-electron chi connectivity index (χ2n) is 6.89. The number of piperazine rings is 1. The van der Waals surface area contributed by atoms with E-state index in [-0.39, 0.29) is 24.2 Å². The molecule has 0 spiro atoms. The Morgan fingerprint density at radius 1 is 1.11 bits per heavy atom. The van der Waals surface area contributed by atoms with Crippen molar-refractivity contribution in [2.75, 3.05) is 45.9 Å². The van der Waals surface area contributed by atoms with Crippen LogP contribution in [0.25, 0.3) is 0 Å². The topological polar surface area (TPSA) is 71.1 Å². The Labute approximate surface area is 169 Å². The lowest BCUT2D eigenvalue weighted by atomic mass is 10.1. The molecule has 0 aromatic heterocycles. The van der Waals surface area contributed by atoms with Gasteiger partial charge < -0.3 is 19.7 Å². The molecule has 148 valence electrons. The largest absolute Gasteiger partial charge is 0.486 e. The van der Waals surface area contributed by atoms with E-state index in [1.807, 2.05) is 0 Å². The van der Waals surface area contributed by atoms with Crippen LogP contribution in [0.2, 0.25) is 5.02 Å². The molecule has 9 heteroatoms. The van der Waals surface area contributed by atoms with Crippen LogP contribution in [0.15, 0.2) is 12.1 Å². The first-order chi connectivity index (χ1) is 12.6. The van der Waals surface area contributed by atoms with Crippen LogP contribution in [0, 0.1) is 0 Å². The Hall–Kier alpha value is -1.70. The Kier molecular flexibility index (Phi) is 6.34. The molecule has 2 fully saturated rings. The molecule has 0 radical (unpaired) electrons. The molecule has 1 aromatic rings. The van der Waals surface area contributed by atoms with Crippen LogP contribution in [0.3, 0.4) is 0 Å². The highest BCUT2D eigenvalue weighted by Crippen LogP contribution is 2.38. The summed E-state index contributed by atoms with van der Waals surface area (Å²) in [6, 6.07) is 3.70. The lowest BCUT2D eigenvalue weighted by molar-refractivity contribution is -0.122. The van der Waals surface area contributed by atoms with Gasteiger partial charge in [-0.25, -0.2) is 0 Å². The Balaban J connectivity index is 0.00000210. The van der Waals surface area contributed by atoms with Gasteiger partial charge in [-0.05, 0) is 25.0 Å². The highest BCUT2D eigenvalue weighted by Gasteiger charge is 2.27. The summed E-state index contributed by atoms with van der Waals surface area (Å²) in [5.74, 6) is 1.01. The number of ether oxygens (including phenoxy) is 2. The molecule has 27 heavy (non-hydrogen) atoms. The number of fused-ring (bicyclic) bond motifs is 1. The van der Waals surface area contributed by atoms with Crippen LogP contribution in [0.4, 0.5) is 0 Å². The van der Waals surface area contributed by atoms with E-state index in [0.29, 0.717) is 74.1 Å². The standard InChI is InChI=1S/C18H22ClN3O4.ClH/c19-14-9-12(10-15-17(14)26-8-7-25-15)18(24)22-5-3-21(4-6-22)11-16(23)20-13-1-2-13;/h9-10,13H,1-8,11H2,(H,20,23);1H. The van der Waals surface area contributed by atoms with Gasteiger partial charge in [-0.15, -0.1) is 12.4 Å². The van der Waals surface area contributed by atoms with Crippen LogP contribution in [-0.4, -0.2) is 73.6 Å². The summed E-state index contributed by atoms with van der Waals surface area (Å²) in [6.07, 6.45) is 2.18. The smallest absolute Gasteiger partial charge is 0.254 e. The molecule has 0 bridgehead atoms. The molecular weight excluding hydrogens is 393 g/mol. The molecule has 0 atom stereocenters. The van der Waals surface area contributed by atoms with Crippen molar-refractivity contribution >= 4 is 35.8 Å². The van der Waals surface area contributed by atoms with E-state index in [1.54, 1.807) is 17.0 Å². The van der Waals surface area contributed by atoms with Crippen LogP contribution in [0.5, 0.6) is 11.5 Å². The van der Waals surface area contributed by atoms with Gasteiger partial charge in [-0.2, -0.15) is 0 Å². The molecule has 7 nitrogen and oxygen atoms in total. The molecule has 2 amide bonds. The van der Waals surface area contributed by atoms with Gasteiger partial charge in [0.05, 0.1) is 11.6 Å². The number of nitrogens with one attached hydrogen (secondary N) is 1. The van der Waals surface area contributed by atoms with Crippen molar-refractivity contribution in [2.45, 2.75) is 18.9 Å². The van der Waals surface area contributed by atoms with Gasteiger partial charge in [0.1, 0.15) is 13.2 Å². The van der Waals surface area contributed by atoms with Gasteiger partial charge in [0.25, 0.3) is 5.91 Å². The molecule has 2 heterocycles. The Morgan fingerprint density at radius 2 is 1.81 bits per heavy atom. The predicted molar refractivity (Wildman–Crippen MR) is 103 cm³/mol. The van der Waals surface area contributed by atoms with Crippen molar-refractivity contribution in [1.82, 2.24) is 15.1 Å². The Morgan fingerprint density at radius 3 is 2.52 bits per heavy atom. The van der Waals surface area contributed by atoms with E-state index in [0.717, 1.165) is 12.8 Å². The number of carbonyl (C=O) groups is 2. The average Bonchev–Trinajstić information content (AvgIpc) is 3.45. The van der Waals surface area contributed by atoms with E-state index in [9.17, 15) is 9.59 Å². The summed E-state index contributed by atoms with van der Waals surface area (Å²) < 4.78 is 11.0. The quantitative estimate of drug-likeness (QED) is 0.807. The van der Waals surface area contributed by atoms with Crippen molar-refractivity contribution in [2.24, 2.45) is 0 Å². The number of hydrogen-bond acceptors (Lipinski definition) is 5. The molecule has 4 rings (SSSR count). The summed E-state index contributed by atoms with van der Waals surface area (Å²) in [7, 11) is 0. The lowest BCUT2D eigenvalue weighted by Crippen LogP contribution is -2.51. The van der Waals surface area contributed by atoms with Crippen molar-refractivity contribution in [1.29, 1.82) is 0 Å². The summed E-state index contributed by atoms with van der Waals surface area (Å²) in [5.41, 5.74) is 0.499. The summed E-state index contributed by atoms with van der Waals surface area (Å²) in [6.45, 7) is 3.83. The fourth-order valence-electron chi connectivity index (χ4n) is 3.23. The van der Waals surface area contributed by atoms with E-state index in [2.05, 4.69) is 10.2 Å². The molecule has 1 aromatic carbocycles. The number of hydrogen-bond donors (Lipinski definition) is 1. The van der Waals surface area contributed by atoms with Crippen LogP contribution in [-0.2, 0) is 4.79 Å². The van der Waals surface area contributed by atoms with Crippen LogP contribution >= 0.6 is 24.0 Å². The maximum atomic E-state index is 12.8. The first kappa shape index (κ1) is 20.0. The zero-order chi connectivity index (χ0) is 18.1. The summed E-state index contributed by atoms with van der Waals surface area (Å²) >= 11 is 6.23. The first-order valence-corrected chi connectivity index (χ1v) is 9.38. The minimum atomic E-state index is -0.0778. The van der Waals surface area contributed by atoms with E-state index in [4.69, 9.17) is 21.1 Å². The van der Waals surface area contributed by atoms with Crippen molar-refractivity contribution in [3.8, 4) is 11.5 Å². The van der Waals surface area contributed by atoms with Crippen LogP contribution < -0.4 is 14.8 Å². The third-order valence-electron chi connectivity index (χ3n) is 4.81. The number of nitrogens with zero attached hydrogens (tertiary/aromatic N) is 2. The number of halogens is 2. The van der Waals surface area contributed by atoms with Crippen molar-refractivity contribution in [3.05, 3.63) is 22.7 Å². The fraction of sp³-hybridized carbons (Fsp3) is 0.556. The molecule has 0 unspecified atom stereocenters. The summed E-state index contributed by atoms with van der Waals surface area (Å²) in [5, 5.41) is 3.38. The molecule has 1 saturated heterocycles. The van der Waals surface area contributed by atoms with E-state index >= 15 is 0 Å². The average molecular weight is 416 g/mol. The maximum absolute atomic E-state index is 12.8. The number of amides is 2. The second-order valence-corrected chi connectivity index (χ2v) is 7.30. The SMILES string of the molecule is Cl.O=C(CN1CCN(C(=O)c2cc(Cl)c3c(c2)OCCO3)CC1)NC1CC1. The Bertz CT molecular complexity index is 719. The number of rotatable bonds is 4. The van der Waals surface area contributed by atoms with Gasteiger partial charge in [0, 0.05) is 37.8 Å². The molecular formula is C18H23Cl2N3O4. The molecule has 1 N–H and O–H groups in total. The zero-order valence-corrected chi connectivity index (χ0v) is 16.5. The van der Waals surface area contributed by atoms with Gasteiger partial charge in [0.2, 0.25) is 5.91 Å². The van der Waals surface area contributed by atoms with Gasteiger partial charge >= 0.3 is 0 Å². The lowest BCUT2D eigenvalue weighted by Gasteiger charge is -2.34. The maximum Gasteiger partial charge on any atom is 0.254 e. The highest BCUT2D eigenvalue weighted by atomic mass is 35.5. The minimum Gasteiger partial charge on any atom is -0.486 e. The third-order valence-corrected chi connectivity index (χ3v) is 5.09. The normalized spacial score (nSPS) is 19.2.